The number of rotatable bonds is 8. The molecular weight excluding hydrogens is 332 g/mol. The van der Waals surface area contributed by atoms with Gasteiger partial charge in [-0.1, -0.05) is 13.8 Å². The lowest BCUT2D eigenvalue weighted by Gasteiger charge is -2.35. The quantitative estimate of drug-likeness (QED) is 0.322. The summed E-state index contributed by atoms with van der Waals surface area (Å²) >= 11 is -2.69. The van der Waals surface area contributed by atoms with Crippen molar-refractivity contribution in [3.63, 3.8) is 0 Å². The van der Waals surface area contributed by atoms with Crippen molar-refractivity contribution < 1.29 is 23.5 Å². The Morgan fingerprint density at radius 2 is 2.08 bits per heavy atom. The van der Waals surface area contributed by atoms with E-state index in [0.717, 1.165) is 4.31 Å². The first-order valence-electron chi connectivity index (χ1n) is 7.33. The maximum absolute atomic E-state index is 11.8. The van der Waals surface area contributed by atoms with Crippen LogP contribution in [0.5, 0.6) is 5.75 Å². The van der Waals surface area contributed by atoms with Crippen LogP contribution in [0.25, 0.3) is 0 Å². The zero-order chi connectivity index (χ0) is 18.1. The molecule has 24 heavy (non-hydrogen) atoms. The number of carbonyl (C=O) groups is 1. The summed E-state index contributed by atoms with van der Waals surface area (Å²) in [4.78, 5) is 11.8. The molecule has 1 amide bonds. The zero-order valence-corrected chi connectivity index (χ0v) is 14.6. The van der Waals surface area contributed by atoms with Gasteiger partial charge in [-0.25, -0.2) is 5.48 Å². The number of carbonyl (C=O) groups excluding carboxylic acids is 1. The van der Waals surface area contributed by atoms with E-state index in [-0.39, 0.29) is 5.92 Å². The summed E-state index contributed by atoms with van der Waals surface area (Å²) in [5.41, 5.74) is 4.68. The van der Waals surface area contributed by atoms with E-state index in [1.165, 1.54) is 17.6 Å². The molecule has 2 N–H and O–H groups in total. The molecule has 1 aromatic rings. The summed E-state index contributed by atoms with van der Waals surface area (Å²) < 4.78 is 29.6. The molecule has 1 rings (SSSR count). The molecule has 0 aromatic heterocycles. The van der Waals surface area contributed by atoms with Crippen molar-refractivity contribution in [3.8, 4) is 5.75 Å². The predicted octanol–water partition coefficient (Wildman–Crippen LogP) is 1.93. The van der Waals surface area contributed by atoms with Crippen molar-refractivity contribution in [2.24, 2.45) is 5.92 Å². The highest BCUT2D eigenvalue weighted by Crippen LogP contribution is 2.25. The molecule has 8 heteroatoms. The van der Waals surface area contributed by atoms with E-state index in [2.05, 4.69) is 5.73 Å². The van der Waals surface area contributed by atoms with Crippen LogP contribution in [0.3, 0.4) is 0 Å². The fourth-order valence-electron chi connectivity index (χ4n) is 2.08. The van der Waals surface area contributed by atoms with Crippen molar-refractivity contribution in [2.75, 3.05) is 10.9 Å². The fourth-order valence-corrected chi connectivity index (χ4v) is 2.90. The van der Waals surface area contributed by atoms with Crippen LogP contribution in [-0.2, 0) is 16.1 Å². The van der Waals surface area contributed by atoms with Crippen LogP contribution in [0.4, 0.5) is 5.69 Å². The minimum Gasteiger partial charge on any atom is -0.755 e. The van der Waals surface area contributed by atoms with Crippen molar-refractivity contribution in [1.82, 2.24) is 5.48 Å². The molecule has 0 aliphatic rings. The second-order valence-electron chi connectivity index (χ2n) is 5.17. The molecule has 0 fully saturated rings. The Morgan fingerprint density at radius 1 is 1.46 bits per heavy atom. The smallest absolute Gasteiger partial charge is 0.267 e. The Kier molecular flexibility index (Phi) is 8.21. The largest absolute Gasteiger partial charge is 0.755 e. The number of anilines is 1. The number of hydrogen-bond acceptors (Lipinski definition) is 5. The molecule has 0 heterocycles. The second kappa shape index (κ2) is 9.89. The van der Waals surface area contributed by atoms with E-state index >= 15 is 0 Å². The summed E-state index contributed by atoms with van der Waals surface area (Å²) in [5, 5.41) is 8.86. The third-order valence-electron chi connectivity index (χ3n) is 3.13. The average molecular weight is 353 g/mol. The molecule has 2 unspecified atom stereocenters. The number of nitrogens with zero attached hydrogens (tertiary/aromatic N) is 1. The van der Waals surface area contributed by atoms with E-state index in [1.807, 2.05) is 6.92 Å². The third-order valence-corrected chi connectivity index (χ3v) is 3.89. The molecule has 0 spiro atoms. The summed E-state index contributed by atoms with van der Waals surface area (Å²) in [6.45, 7) is 5.55. The van der Waals surface area contributed by atoms with Gasteiger partial charge in [0.05, 0.1) is 0 Å². The van der Waals surface area contributed by atoms with Gasteiger partial charge in [-0.05, 0) is 49.3 Å². The summed E-state index contributed by atoms with van der Waals surface area (Å²) in [7, 11) is 0. The van der Waals surface area contributed by atoms with Crippen LogP contribution in [0.2, 0.25) is 0 Å². The normalized spacial score (nSPS) is 12.8. The summed E-state index contributed by atoms with van der Waals surface area (Å²) in [6.07, 6.45) is 3.47. The van der Waals surface area contributed by atoms with Crippen LogP contribution in [0, 0.1) is 5.92 Å². The van der Waals surface area contributed by atoms with Crippen LogP contribution in [0.1, 0.15) is 20.8 Å². The lowest BCUT2D eigenvalue weighted by molar-refractivity contribution is -0.131. The molecule has 0 radical (unpaired) electrons. The molecule has 7 nitrogen and oxygen atoms in total. The Balaban J connectivity index is 3.02. The molecule has 0 aliphatic heterocycles. The first-order chi connectivity index (χ1) is 11.4. The van der Waals surface area contributed by atoms with E-state index in [0.29, 0.717) is 18.0 Å². The van der Waals surface area contributed by atoms with Gasteiger partial charge in [0.25, 0.3) is 5.91 Å². The van der Waals surface area contributed by atoms with Gasteiger partial charge in [0.2, 0.25) is 0 Å². The van der Waals surface area contributed by atoms with E-state index in [9.17, 15) is 13.6 Å². The highest BCUT2D eigenvalue weighted by Gasteiger charge is 2.30. The van der Waals surface area contributed by atoms with Crippen molar-refractivity contribution in [1.29, 1.82) is 0 Å². The number of ether oxygens (including phenoxy) is 1. The van der Waals surface area contributed by atoms with Gasteiger partial charge in [0.15, 0.2) is 0 Å². The standard InChI is InChI=1S/C16H22N2O5S/c1-4-5-6-11-23-14-9-7-13(8-10-14)18(24(21)22)15(12(2)3)16(19)17-20/h4,6-10,12,15,20H,11H2,1-3H3,(H,17,19)(H,21,22)/p-1. The third kappa shape index (κ3) is 5.50. The van der Waals surface area contributed by atoms with E-state index < -0.39 is 23.2 Å². The lowest BCUT2D eigenvalue weighted by Crippen LogP contribution is -2.50. The van der Waals surface area contributed by atoms with Crippen LogP contribution in [-0.4, -0.2) is 32.5 Å². The highest BCUT2D eigenvalue weighted by atomic mass is 32.2. The monoisotopic (exact) mass is 353 g/mol. The number of nitrogens with one attached hydrogen (secondary N) is 1. The average Bonchev–Trinajstić information content (AvgIpc) is 2.56. The molecule has 0 aliphatic carbocycles. The number of benzene rings is 1. The molecule has 2 atom stereocenters. The first kappa shape index (κ1) is 19.9. The van der Waals surface area contributed by atoms with Crippen LogP contribution >= 0.6 is 0 Å². The minimum atomic E-state index is -2.69. The lowest BCUT2D eigenvalue weighted by atomic mass is 10.0. The maximum Gasteiger partial charge on any atom is 0.267 e. The maximum atomic E-state index is 11.8. The second-order valence-corrected chi connectivity index (χ2v) is 6.00. The Bertz CT molecular complexity index is 624. The van der Waals surface area contributed by atoms with Crippen molar-refractivity contribution in [2.45, 2.75) is 26.8 Å². The first-order valence-corrected chi connectivity index (χ1v) is 8.36. The topological polar surface area (TPSA) is 102 Å². The van der Waals surface area contributed by atoms with Gasteiger partial charge < -0.3 is 9.29 Å². The summed E-state index contributed by atoms with van der Waals surface area (Å²) in [6, 6.07) is 5.20. The number of amides is 1. The minimum absolute atomic E-state index is 0.293. The van der Waals surface area contributed by atoms with Crippen molar-refractivity contribution in [3.05, 3.63) is 42.1 Å². The molecular formula is C16H21N2O5S-. The predicted molar refractivity (Wildman–Crippen MR) is 90.2 cm³/mol. The van der Waals surface area contributed by atoms with Crippen molar-refractivity contribution >= 4 is 22.9 Å². The van der Waals surface area contributed by atoms with Gasteiger partial charge in [0.1, 0.15) is 18.4 Å². The molecule has 1 aromatic carbocycles. The van der Waals surface area contributed by atoms with E-state index in [1.54, 1.807) is 38.1 Å². The summed E-state index contributed by atoms with van der Waals surface area (Å²) in [5.74, 6) is -0.597. The Hall–Kier alpha value is -2.12. The molecule has 132 valence electrons. The molecule has 0 saturated carbocycles. The van der Waals surface area contributed by atoms with Gasteiger partial charge in [-0.3, -0.25) is 18.5 Å². The van der Waals surface area contributed by atoms with Crippen LogP contribution < -0.4 is 14.5 Å². The Labute approximate surface area is 144 Å². The van der Waals surface area contributed by atoms with Crippen LogP contribution in [0.15, 0.2) is 42.1 Å². The van der Waals surface area contributed by atoms with E-state index in [4.69, 9.17) is 9.94 Å². The number of hydrogen-bond donors (Lipinski definition) is 2. The van der Waals surface area contributed by atoms with Gasteiger partial charge in [-0.2, -0.15) is 0 Å². The zero-order valence-electron chi connectivity index (χ0n) is 13.8. The van der Waals surface area contributed by atoms with Gasteiger partial charge in [-0.15, -0.1) is 5.73 Å². The van der Waals surface area contributed by atoms with Gasteiger partial charge in [0, 0.05) is 17.0 Å². The molecule has 0 saturated heterocycles. The molecule has 0 bridgehead atoms. The Morgan fingerprint density at radius 3 is 2.54 bits per heavy atom. The highest BCUT2D eigenvalue weighted by molar-refractivity contribution is 7.80. The fraction of sp³-hybridized carbons (Fsp3) is 0.375. The van der Waals surface area contributed by atoms with Gasteiger partial charge >= 0.3 is 0 Å². The number of hydroxylamine groups is 1. The SMILES string of the molecule is CC=C=CCOc1ccc(N(C(C(=O)NO)C(C)C)S(=O)[O-])cc1.